The maximum Gasteiger partial charge on any atom is 0.0591 e. The van der Waals surface area contributed by atoms with E-state index in [4.69, 9.17) is 0 Å². The Morgan fingerprint density at radius 2 is 2.10 bits per heavy atom. The second kappa shape index (κ2) is 5.83. The number of aliphatic hydroxyl groups is 1. The van der Waals surface area contributed by atoms with Gasteiger partial charge in [0.15, 0.2) is 0 Å². The fraction of sp³-hybridized carbons (Fsp3) is 0.895. The molecule has 2 fully saturated rings. The van der Waals surface area contributed by atoms with Crippen molar-refractivity contribution in [1.82, 2.24) is 0 Å². The summed E-state index contributed by atoms with van der Waals surface area (Å²) in [5, 5.41) is 9.86. The van der Waals surface area contributed by atoms with Gasteiger partial charge >= 0.3 is 0 Å². The van der Waals surface area contributed by atoms with Gasteiger partial charge in [-0.3, -0.25) is 0 Å². The average Bonchev–Trinajstić information content (AvgIpc) is 2.66. The molecule has 0 bridgehead atoms. The van der Waals surface area contributed by atoms with Crippen LogP contribution >= 0.6 is 0 Å². The van der Waals surface area contributed by atoms with Crippen LogP contribution < -0.4 is 0 Å². The summed E-state index contributed by atoms with van der Waals surface area (Å²) in [5.74, 6) is 2.45. The van der Waals surface area contributed by atoms with Crippen LogP contribution in [-0.4, -0.2) is 10.7 Å². The van der Waals surface area contributed by atoms with E-state index in [0.717, 1.165) is 30.6 Å². The molecule has 4 atom stereocenters. The molecule has 0 spiro atoms. The second-order valence-corrected chi connectivity index (χ2v) is 8.44. The van der Waals surface area contributed by atoms with Crippen LogP contribution in [0.3, 0.4) is 0 Å². The summed E-state index contributed by atoms with van der Waals surface area (Å²) >= 11 is 0. The molecule has 0 aromatic heterocycles. The van der Waals surface area contributed by atoms with Gasteiger partial charge in [-0.25, -0.2) is 0 Å². The fourth-order valence-electron chi connectivity index (χ4n) is 5.16. The smallest absolute Gasteiger partial charge is 0.0591 e. The van der Waals surface area contributed by atoms with Gasteiger partial charge in [0.2, 0.25) is 0 Å². The average molecular weight is 278 g/mol. The zero-order valence-electron chi connectivity index (χ0n) is 14.0. The highest BCUT2D eigenvalue weighted by Gasteiger charge is 2.50. The van der Waals surface area contributed by atoms with Crippen LogP contribution in [0, 0.1) is 23.2 Å². The zero-order chi connectivity index (χ0) is 15.0. The molecular formula is C19H34O. The third kappa shape index (κ3) is 3.30. The topological polar surface area (TPSA) is 20.2 Å². The minimum absolute atomic E-state index is 0.499. The molecule has 1 N–H and O–H groups in total. The molecule has 0 saturated heterocycles. The molecule has 0 heterocycles. The summed E-state index contributed by atoms with van der Waals surface area (Å²) in [7, 11) is 0. The molecule has 2 aliphatic carbocycles. The molecule has 1 heteroatoms. The van der Waals surface area contributed by atoms with Crippen LogP contribution in [-0.2, 0) is 0 Å². The SMILES string of the molecule is C=C1CCC[C@]2(C)[C@@H]([C@H](C)CCCC(C)(C)O)CC[C@@H]12. The van der Waals surface area contributed by atoms with Crippen LogP contribution in [0.5, 0.6) is 0 Å². The fourth-order valence-corrected chi connectivity index (χ4v) is 5.16. The largest absolute Gasteiger partial charge is 0.390 e. The lowest BCUT2D eigenvalue weighted by Crippen LogP contribution is -2.35. The van der Waals surface area contributed by atoms with E-state index >= 15 is 0 Å². The van der Waals surface area contributed by atoms with Crippen LogP contribution in [0.15, 0.2) is 12.2 Å². The molecule has 0 aromatic rings. The molecule has 1 nitrogen and oxygen atoms in total. The predicted molar refractivity (Wildman–Crippen MR) is 86.6 cm³/mol. The lowest BCUT2D eigenvalue weighted by Gasteiger charge is -2.44. The van der Waals surface area contributed by atoms with E-state index in [1.165, 1.54) is 44.1 Å². The lowest BCUT2D eigenvalue weighted by atomic mass is 9.61. The Bertz CT molecular complexity index is 351. The summed E-state index contributed by atoms with van der Waals surface area (Å²) in [4.78, 5) is 0. The van der Waals surface area contributed by atoms with Crippen molar-refractivity contribution in [2.75, 3.05) is 0 Å². The first-order valence-electron chi connectivity index (χ1n) is 8.64. The summed E-state index contributed by atoms with van der Waals surface area (Å²) in [6.07, 6.45) is 10.1. The van der Waals surface area contributed by atoms with Crippen LogP contribution in [0.1, 0.15) is 79.1 Å². The normalized spacial score (nSPS) is 36.0. The van der Waals surface area contributed by atoms with E-state index in [0.29, 0.717) is 5.41 Å². The summed E-state index contributed by atoms with van der Waals surface area (Å²) in [5.41, 5.74) is 1.55. The van der Waals surface area contributed by atoms with Crippen LogP contribution in [0.4, 0.5) is 0 Å². The van der Waals surface area contributed by atoms with E-state index in [1.807, 2.05) is 13.8 Å². The molecule has 0 radical (unpaired) electrons. The first-order valence-corrected chi connectivity index (χ1v) is 8.64. The molecule has 0 aromatic carbocycles. The quantitative estimate of drug-likeness (QED) is 0.673. The highest BCUT2D eigenvalue weighted by molar-refractivity contribution is 5.15. The van der Waals surface area contributed by atoms with Gasteiger partial charge in [-0.15, -0.1) is 0 Å². The molecule has 2 saturated carbocycles. The molecular weight excluding hydrogens is 244 g/mol. The Kier molecular flexibility index (Phi) is 4.69. The Morgan fingerprint density at radius 1 is 1.40 bits per heavy atom. The Labute approximate surface area is 125 Å². The van der Waals surface area contributed by atoms with Gasteiger partial charge in [0.05, 0.1) is 5.60 Å². The van der Waals surface area contributed by atoms with Crippen molar-refractivity contribution < 1.29 is 5.11 Å². The minimum Gasteiger partial charge on any atom is -0.390 e. The number of allylic oxidation sites excluding steroid dienone is 1. The minimum atomic E-state index is -0.499. The van der Waals surface area contributed by atoms with Gasteiger partial charge in [-0.05, 0) is 75.5 Å². The van der Waals surface area contributed by atoms with Crippen LogP contribution in [0.25, 0.3) is 0 Å². The number of hydrogen-bond acceptors (Lipinski definition) is 1. The van der Waals surface area contributed by atoms with Crippen molar-refractivity contribution in [3.63, 3.8) is 0 Å². The standard InChI is InChI=1S/C19H34O/c1-14(8-6-12-18(3,4)20)16-10-11-17-15(2)9-7-13-19(16,17)5/h14,16-17,20H,2,6-13H2,1,3-5H3/t14-,16-,17+,19-/m1/s1. The van der Waals surface area contributed by atoms with Gasteiger partial charge in [0.1, 0.15) is 0 Å². The van der Waals surface area contributed by atoms with Crippen molar-refractivity contribution >= 4 is 0 Å². The van der Waals surface area contributed by atoms with E-state index in [2.05, 4.69) is 20.4 Å². The third-order valence-electron chi connectivity index (χ3n) is 6.25. The maximum atomic E-state index is 9.86. The highest BCUT2D eigenvalue weighted by atomic mass is 16.3. The van der Waals surface area contributed by atoms with Gasteiger partial charge in [0.25, 0.3) is 0 Å². The van der Waals surface area contributed by atoms with E-state index in [-0.39, 0.29) is 0 Å². The second-order valence-electron chi connectivity index (χ2n) is 8.44. The van der Waals surface area contributed by atoms with Crippen LogP contribution in [0.2, 0.25) is 0 Å². The van der Waals surface area contributed by atoms with Gasteiger partial charge in [-0.2, -0.15) is 0 Å². The van der Waals surface area contributed by atoms with E-state index < -0.39 is 5.60 Å². The monoisotopic (exact) mass is 278 g/mol. The Balaban J connectivity index is 1.93. The first kappa shape index (κ1) is 16.1. The predicted octanol–water partition coefficient (Wildman–Crippen LogP) is 5.34. The molecule has 2 rings (SSSR count). The van der Waals surface area contributed by atoms with Crippen molar-refractivity contribution in [1.29, 1.82) is 0 Å². The number of hydrogen-bond donors (Lipinski definition) is 1. The Hall–Kier alpha value is -0.300. The molecule has 2 aliphatic rings. The molecule has 0 unspecified atom stereocenters. The highest BCUT2D eigenvalue weighted by Crippen LogP contribution is 2.59. The number of rotatable bonds is 5. The van der Waals surface area contributed by atoms with Gasteiger partial charge in [-0.1, -0.05) is 38.8 Å². The summed E-state index contributed by atoms with van der Waals surface area (Å²) < 4.78 is 0. The first-order chi connectivity index (χ1) is 9.24. The van der Waals surface area contributed by atoms with Gasteiger partial charge in [0, 0.05) is 0 Å². The number of fused-ring (bicyclic) bond motifs is 1. The Morgan fingerprint density at radius 3 is 2.75 bits per heavy atom. The van der Waals surface area contributed by atoms with E-state index in [9.17, 15) is 5.11 Å². The van der Waals surface area contributed by atoms with Crippen molar-refractivity contribution in [3.05, 3.63) is 12.2 Å². The maximum absolute atomic E-state index is 9.86. The molecule has 116 valence electrons. The zero-order valence-corrected chi connectivity index (χ0v) is 14.0. The lowest BCUT2D eigenvalue weighted by molar-refractivity contribution is 0.0597. The molecule has 20 heavy (non-hydrogen) atoms. The molecule has 0 aliphatic heterocycles. The van der Waals surface area contributed by atoms with Crippen molar-refractivity contribution in [2.45, 2.75) is 84.7 Å². The third-order valence-corrected chi connectivity index (χ3v) is 6.25. The van der Waals surface area contributed by atoms with Crippen molar-refractivity contribution in [3.8, 4) is 0 Å². The summed E-state index contributed by atoms with van der Waals surface area (Å²) in [6, 6.07) is 0. The van der Waals surface area contributed by atoms with Gasteiger partial charge < -0.3 is 5.11 Å². The summed E-state index contributed by atoms with van der Waals surface area (Å²) in [6.45, 7) is 13.2. The van der Waals surface area contributed by atoms with E-state index in [1.54, 1.807) is 0 Å². The molecule has 0 amide bonds. The van der Waals surface area contributed by atoms with Crippen molar-refractivity contribution in [2.24, 2.45) is 23.2 Å².